The molecule has 0 N–H and O–H groups in total. The summed E-state index contributed by atoms with van der Waals surface area (Å²) in [6, 6.07) is 0. The molecule has 0 saturated heterocycles. The Hall–Kier alpha value is 0.390. The van der Waals surface area contributed by atoms with E-state index in [0.29, 0.717) is 13.2 Å². The first kappa shape index (κ1) is 11.4. The van der Waals surface area contributed by atoms with Crippen molar-refractivity contribution in [2.75, 3.05) is 13.2 Å². The molecule has 0 heterocycles. The molecule has 0 aliphatic carbocycles. The van der Waals surface area contributed by atoms with Gasteiger partial charge in [0.2, 0.25) is 0 Å². The molecule has 0 atom stereocenters. The van der Waals surface area contributed by atoms with Crippen LogP contribution in [0.15, 0.2) is 9.66 Å². The van der Waals surface area contributed by atoms with Gasteiger partial charge >= 0.3 is 0 Å². The highest BCUT2D eigenvalue weighted by Crippen LogP contribution is 2.15. The van der Waals surface area contributed by atoms with Crippen molar-refractivity contribution in [3.8, 4) is 0 Å². The summed E-state index contributed by atoms with van der Waals surface area (Å²) in [5, 5.41) is 0. The van der Waals surface area contributed by atoms with Gasteiger partial charge in [0, 0.05) is 16.8 Å². The first-order valence-corrected chi connectivity index (χ1v) is 4.89. The molecule has 0 aromatic rings. The Morgan fingerprint density at radius 2 is 1.82 bits per heavy atom. The molecular formula is C8H15IO2. The molecule has 0 radical (unpaired) electrons. The van der Waals surface area contributed by atoms with Crippen LogP contribution in [0.2, 0.25) is 0 Å². The van der Waals surface area contributed by atoms with E-state index in [0.717, 1.165) is 3.58 Å². The van der Waals surface area contributed by atoms with Crippen molar-refractivity contribution in [3.63, 3.8) is 0 Å². The van der Waals surface area contributed by atoms with Crippen molar-refractivity contribution in [3.05, 3.63) is 9.66 Å². The van der Waals surface area contributed by atoms with Crippen LogP contribution in [-0.2, 0) is 9.47 Å². The number of allylic oxidation sites excluding steroid dienone is 1. The lowest BCUT2D eigenvalue weighted by atomic mass is 10.5. The second kappa shape index (κ2) is 7.06. The van der Waals surface area contributed by atoms with E-state index in [9.17, 15) is 0 Å². The SMILES string of the molecule is CC=C(I)C(OCC)OCC. The van der Waals surface area contributed by atoms with Crippen LogP contribution in [0.5, 0.6) is 0 Å². The maximum absolute atomic E-state index is 5.34. The first-order chi connectivity index (χ1) is 5.26. The number of hydrogen-bond acceptors (Lipinski definition) is 2. The second-order valence-corrected chi connectivity index (χ2v) is 3.16. The smallest absolute Gasteiger partial charge is 0.189 e. The molecule has 0 bridgehead atoms. The van der Waals surface area contributed by atoms with E-state index in [2.05, 4.69) is 22.6 Å². The van der Waals surface area contributed by atoms with E-state index in [4.69, 9.17) is 9.47 Å². The summed E-state index contributed by atoms with van der Waals surface area (Å²) >= 11 is 2.23. The molecule has 0 amide bonds. The highest BCUT2D eigenvalue weighted by molar-refractivity contribution is 14.1. The van der Waals surface area contributed by atoms with E-state index in [1.165, 1.54) is 0 Å². The maximum Gasteiger partial charge on any atom is 0.189 e. The highest BCUT2D eigenvalue weighted by atomic mass is 127. The van der Waals surface area contributed by atoms with Crippen molar-refractivity contribution in [2.24, 2.45) is 0 Å². The molecule has 0 aliphatic rings. The molecule has 0 aliphatic heterocycles. The first-order valence-electron chi connectivity index (χ1n) is 3.81. The van der Waals surface area contributed by atoms with Crippen LogP contribution in [-0.4, -0.2) is 19.5 Å². The minimum Gasteiger partial charge on any atom is -0.348 e. The van der Waals surface area contributed by atoms with Crippen LogP contribution in [0, 0.1) is 0 Å². The fraction of sp³-hybridized carbons (Fsp3) is 0.750. The lowest BCUT2D eigenvalue weighted by Crippen LogP contribution is -2.17. The average molecular weight is 270 g/mol. The number of ether oxygens (including phenoxy) is 2. The van der Waals surface area contributed by atoms with Gasteiger partial charge in [-0.05, 0) is 43.4 Å². The van der Waals surface area contributed by atoms with Gasteiger partial charge in [0.1, 0.15) is 0 Å². The van der Waals surface area contributed by atoms with Gasteiger partial charge in [0.25, 0.3) is 0 Å². The van der Waals surface area contributed by atoms with Gasteiger partial charge in [-0.2, -0.15) is 0 Å². The summed E-state index contributed by atoms with van der Waals surface area (Å²) in [6.07, 6.45) is 1.84. The third kappa shape index (κ3) is 4.76. The Balaban J connectivity index is 3.87. The maximum atomic E-state index is 5.34. The number of rotatable bonds is 5. The monoisotopic (exact) mass is 270 g/mol. The van der Waals surface area contributed by atoms with Crippen LogP contribution in [0.3, 0.4) is 0 Å². The van der Waals surface area contributed by atoms with Crippen LogP contribution < -0.4 is 0 Å². The molecule has 66 valence electrons. The lowest BCUT2D eigenvalue weighted by molar-refractivity contribution is -0.105. The fourth-order valence-electron chi connectivity index (χ4n) is 0.646. The average Bonchev–Trinajstić information content (AvgIpc) is 2.03. The lowest BCUT2D eigenvalue weighted by Gasteiger charge is -2.15. The van der Waals surface area contributed by atoms with Crippen molar-refractivity contribution >= 4 is 22.6 Å². The Bertz CT molecular complexity index is 117. The molecule has 0 fully saturated rings. The van der Waals surface area contributed by atoms with Gasteiger partial charge in [-0.1, -0.05) is 6.08 Å². The summed E-state index contributed by atoms with van der Waals surface area (Å²) in [7, 11) is 0. The molecule has 11 heavy (non-hydrogen) atoms. The van der Waals surface area contributed by atoms with Gasteiger partial charge in [-0.15, -0.1) is 0 Å². The van der Waals surface area contributed by atoms with E-state index in [1.54, 1.807) is 0 Å². The Morgan fingerprint density at radius 1 is 1.36 bits per heavy atom. The zero-order valence-corrected chi connectivity index (χ0v) is 9.42. The van der Waals surface area contributed by atoms with Crippen LogP contribution >= 0.6 is 22.6 Å². The third-order valence-electron chi connectivity index (χ3n) is 1.14. The zero-order chi connectivity index (χ0) is 8.69. The quantitative estimate of drug-likeness (QED) is 0.565. The summed E-state index contributed by atoms with van der Waals surface area (Å²) in [5.41, 5.74) is 0. The topological polar surface area (TPSA) is 18.5 Å². The summed E-state index contributed by atoms with van der Waals surface area (Å²) in [4.78, 5) is 0. The summed E-state index contributed by atoms with van der Waals surface area (Å²) in [6.45, 7) is 7.28. The van der Waals surface area contributed by atoms with Gasteiger partial charge in [-0.25, -0.2) is 0 Å². The number of halogens is 1. The third-order valence-corrected chi connectivity index (χ3v) is 2.27. The Morgan fingerprint density at radius 3 is 2.09 bits per heavy atom. The predicted octanol–water partition coefficient (Wildman–Crippen LogP) is 2.72. The van der Waals surface area contributed by atoms with E-state index >= 15 is 0 Å². The normalized spacial score (nSPS) is 12.6. The molecular weight excluding hydrogens is 255 g/mol. The largest absolute Gasteiger partial charge is 0.348 e. The molecule has 0 spiro atoms. The molecule has 2 nitrogen and oxygen atoms in total. The van der Waals surface area contributed by atoms with E-state index < -0.39 is 0 Å². The highest BCUT2D eigenvalue weighted by Gasteiger charge is 2.09. The van der Waals surface area contributed by atoms with Crippen molar-refractivity contribution in [1.29, 1.82) is 0 Å². The molecule has 0 aromatic carbocycles. The molecule has 0 saturated carbocycles. The molecule has 0 rings (SSSR count). The molecule has 0 unspecified atom stereocenters. The van der Waals surface area contributed by atoms with Crippen LogP contribution in [0.25, 0.3) is 0 Å². The standard InChI is InChI=1S/C8H15IO2/c1-4-7(9)8(10-5-2)11-6-3/h4,8H,5-6H2,1-3H3. The Kier molecular flexibility index (Phi) is 7.31. The predicted molar refractivity (Wildman–Crippen MR) is 54.8 cm³/mol. The Labute approximate surface area is 82.1 Å². The van der Waals surface area contributed by atoms with Gasteiger partial charge in [0.05, 0.1) is 0 Å². The van der Waals surface area contributed by atoms with Crippen LogP contribution in [0.1, 0.15) is 20.8 Å². The van der Waals surface area contributed by atoms with Crippen molar-refractivity contribution < 1.29 is 9.47 Å². The minimum atomic E-state index is -0.157. The van der Waals surface area contributed by atoms with E-state index in [-0.39, 0.29) is 6.29 Å². The minimum absolute atomic E-state index is 0.157. The van der Waals surface area contributed by atoms with Gasteiger partial charge in [-0.3, -0.25) is 0 Å². The fourth-order valence-corrected chi connectivity index (χ4v) is 1.01. The molecule has 3 heteroatoms. The van der Waals surface area contributed by atoms with Crippen molar-refractivity contribution in [1.82, 2.24) is 0 Å². The number of hydrogen-bond donors (Lipinski definition) is 0. The summed E-state index contributed by atoms with van der Waals surface area (Å²) < 4.78 is 11.8. The van der Waals surface area contributed by atoms with Gasteiger partial charge in [0.15, 0.2) is 6.29 Å². The molecule has 0 aromatic heterocycles. The van der Waals surface area contributed by atoms with Gasteiger partial charge < -0.3 is 9.47 Å². The summed E-state index contributed by atoms with van der Waals surface area (Å²) in [5.74, 6) is 0. The second-order valence-electron chi connectivity index (χ2n) is 1.92. The zero-order valence-electron chi connectivity index (χ0n) is 7.26. The van der Waals surface area contributed by atoms with E-state index in [1.807, 2.05) is 26.8 Å². The van der Waals surface area contributed by atoms with Crippen molar-refractivity contribution in [2.45, 2.75) is 27.1 Å². The van der Waals surface area contributed by atoms with Crippen LogP contribution in [0.4, 0.5) is 0 Å².